The Morgan fingerprint density at radius 1 is 1.21 bits per heavy atom. The maximum absolute atomic E-state index is 13.0. The van der Waals surface area contributed by atoms with Crippen LogP contribution in [0.1, 0.15) is 41.6 Å². The van der Waals surface area contributed by atoms with Crippen molar-refractivity contribution in [2.45, 2.75) is 37.8 Å². The van der Waals surface area contributed by atoms with E-state index in [9.17, 15) is 9.90 Å². The first-order chi connectivity index (χ1) is 11.6. The van der Waals surface area contributed by atoms with E-state index in [0.717, 1.165) is 31.2 Å². The van der Waals surface area contributed by atoms with Crippen molar-refractivity contribution in [1.82, 2.24) is 9.88 Å². The zero-order valence-corrected chi connectivity index (χ0v) is 14.2. The number of rotatable bonds is 5. The van der Waals surface area contributed by atoms with Crippen LogP contribution < -0.4 is 0 Å². The van der Waals surface area contributed by atoms with Crippen molar-refractivity contribution in [2.75, 3.05) is 6.54 Å². The third-order valence-electron chi connectivity index (χ3n) is 4.50. The highest BCUT2D eigenvalue weighted by Gasteiger charge is 2.34. The quantitative estimate of drug-likeness (QED) is 0.842. The normalized spacial score (nSPS) is 16.1. The lowest BCUT2D eigenvalue weighted by Gasteiger charge is -2.31. The minimum absolute atomic E-state index is 0.136. The van der Waals surface area contributed by atoms with Gasteiger partial charge in [-0.05, 0) is 30.5 Å². The molecule has 0 unspecified atom stereocenters. The summed E-state index contributed by atoms with van der Waals surface area (Å²) >= 11 is 5.92. The molecule has 2 aromatic rings. The molecule has 0 atom stereocenters. The molecular formula is C19H21ClN2O2. The zero-order chi connectivity index (χ0) is 17.0. The molecule has 3 rings (SSSR count). The number of aromatic nitrogens is 1. The van der Waals surface area contributed by atoms with E-state index >= 15 is 0 Å². The zero-order valence-electron chi connectivity index (χ0n) is 13.5. The molecule has 0 radical (unpaired) electrons. The van der Waals surface area contributed by atoms with E-state index in [4.69, 9.17) is 11.6 Å². The van der Waals surface area contributed by atoms with Crippen LogP contribution in [0.4, 0.5) is 0 Å². The maximum atomic E-state index is 13.0. The Balaban J connectivity index is 1.84. The summed E-state index contributed by atoms with van der Waals surface area (Å²) in [6.45, 7) is 0.794. The van der Waals surface area contributed by atoms with Crippen LogP contribution in [0.15, 0.2) is 48.7 Å². The van der Waals surface area contributed by atoms with E-state index in [1.54, 1.807) is 17.0 Å². The Hall–Kier alpha value is -1.91. The first-order valence-corrected chi connectivity index (χ1v) is 8.61. The Kier molecular flexibility index (Phi) is 5.17. The highest BCUT2D eigenvalue weighted by molar-refractivity contribution is 6.29. The smallest absolute Gasteiger partial charge is 0.254 e. The first kappa shape index (κ1) is 16.9. The van der Waals surface area contributed by atoms with Crippen LogP contribution in [0.5, 0.6) is 0 Å². The van der Waals surface area contributed by atoms with Crippen LogP contribution in [0, 0.1) is 0 Å². The van der Waals surface area contributed by atoms with Gasteiger partial charge in [0.05, 0.1) is 12.1 Å². The van der Waals surface area contributed by atoms with E-state index in [1.165, 1.54) is 6.20 Å². The van der Waals surface area contributed by atoms with Crippen molar-refractivity contribution in [3.8, 4) is 0 Å². The van der Waals surface area contributed by atoms with Crippen LogP contribution in [0.3, 0.4) is 0 Å². The summed E-state index contributed by atoms with van der Waals surface area (Å²) in [4.78, 5) is 18.6. The SMILES string of the molecule is O=C(c1ccnc(Cl)c1)N(Cc1ccccc1)CC1(O)CCCC1. The predicted molar refractivity (Wildman–Crippen MR) is 93.8 cm³/mol. The van der Waals surface area contributed by atoms with E-state index < -0.39 is 5.60 Å². The minimum atomic E-state index is -0.790. The fraction of sp³-hybridized carbons (Fsp3) is 0.368. The lowest BCUT2D eigenvalue weighted by atomic mass is 10.0. The van der Waals surface area contributed by atoms with E-state index in [-0.39, 0.29) is 5.91 Å². The van der Waals surface area contributed by atoms with Crippen molar-refractivity contribution < 1.29 is 9.90 Å². The Morgan fingerprint density at radius 3 is 2.58 bits per heavy atom. The van der Waals surface area contributed by atoms with Crippen LogP contribution in [0.2, 0.25) is 5.15 Å². The lowest BCUT2D eigenvalue weighted by molar-refractivity contribution is 0.00786. The summed E-state index contributed by atoms with van der Waals surface area (Å²) in [5.74, 6) is -0.136. The number of amides is 1. The molecule has 0 aliphatic heterocycles. The summed E-state index contributed by atoms with van der Waals surface area (Å²) in [6, 6.07) is 13.0. The largest absolute Gasteiger partial charge is 0.388 e. The molecular weight excluding hydrogens is 324 g/mol. The summed E-state index contributed by atoms with van der Waals surface area (Å²) in [7, 11) is 0. The van der Waals surface area contributed by atoms with Crippen LogP contribution in [0.25, 0.3) is 0 Å². The fourth-order valence-electron chi connectivity index (χ4n) is 3.27. The topological polar surface area (TPSA) is 53.4 Å². The minimum Gasteiger partial charge on any atom is -0.388 e. The highest BCUT2D eigenvalue weighted by atomic mass is 35.5. The number of carbonyl (C=O) groups excluding carboxylic acids is 1. The standard InChI is InChI=1S/C19H21ClN2O2/c20-17-12-16(8-11-21-17)18(23)22(13-15-6-2-1-3-7-15)14-19(24)9-4-5-10-19/h1-3,6-8,11-12,24H,4-5,9-10,13-14H2. The van der Waals surface area contributed by atoms with E-state index in [0.29, 0.717) is 23.8 Å². The molecule has 1 fully saturated rings. The second-order valence-corrected chi connectivity index (χ2v) is 6.83. The van der Waals surface area contributed by atoms with Crippen molar-refractivity contribution in [3.63, 3.8) is 0 Å². The van der Waals surface area contributed by atoms with Gasteiger partial charge in [0.1, 0.15) is 5.15 Å². The van der Waals surface area contributed by atoms with Gasteiger partial charge in [0.25, 0.3) is 5.91 Å². The monoisotopic (exact) mass is 344 g/mol. The van der Waals surface area contributed by atoms with Crippen molar-refractivity contribution in [1.29, 1.82) is 0 Å². The molecule has 0 saturated heterocycles. The predicted octanol–water partition coefficient (Wildman–Crippen LogP) is 3.68. The molecule has 1 aliphatic carbocycles. The van der Waals surface area contributed by atoms with Gasteiger partial charge in [-0.2, -0.15) is 0 Å². The van der Waals surface area contributed by atoms with Crippen LogP contribution >= 0.6 is 11.6 Å². The molecule has 1 heterocycles. The summed E-state index contributed by atoms with van der Waals surface area (Å²) in [6.07, 6.45) is 5.02. The summed E-state index contributed by atoms with van der Waals surface area (Å²) in [5.41, 5.74) is 0.737. The Morgan fingerprint density at radius 2 is 1.92 bits per heavy atom. The summed E-state index contributed by atoms with van der Waals surface area (Å²) in [5, 5.41) is 11.0. The van der Waals surface area contributed by atoms with Gasteiger partial charge in [-0.3, -0.25) is 4.79 Å². The number of carbonyl (C=O) groups is 1. The van der Waals surface area contributed by atoms with E-state index in [2.05, 4.69) is 4.98 Å². The van der Waals surface area contributed by atoms with Crippen molar-refractivity contribution >= 4 is 17.5 Å². The molecule has 1 saturated carbocycles. The fourth-order valence-corrected chi connectivity index (χ4v) is 3.44. The van der Waals surface area contributed by atoms with Crippen molar-refractivity contribution in [3.05, 3.63) is 64.9 Å². The van der Waals surface area contributed by atoms with Gasteiger partial charge >= 0.3 is 0 Å². The van der Waals surface area contributed by atoms with Gasteiger partial charge < -0.3 is 10.0 Å². The Labute approximate surface area is 147 Å². The molecule has 0 spiro atoms. The molecule has 24 heavy (non-hydrogen) atoms. The second kappa shape index (κ2) is 7.32. The van der Waals surface area contributed by atoms with Crippen LogP contribution in [-0.4, -0.2) is 33.0 Å². The molecule has 1 amide bonds. The second-order valence-electron chi connectivity index (χ2n) is 6.45. The van der Waals surface area contributed by atoms with Gasteiger partial charge in [0.15, 0.2) is 0 Å². The number of nitrogens with zero attached hydrogens (tertiary/aromatic N) is 2. The molecule has 5 heteroatoms. The first-order valence-electron chi connectivity index (χ1n) is 8.23. The summed E-state index contributed by atoms with van der Waals surface area (Å²) < 4.78 is 0. The van der Waals surface area contributed by atoms with E-state index in [1.807, 2.05) is 30.3 Å². The van der Waals surface area contributed by atoms with Gasteiger partial charge in [-0.1, -0.05) is 54.8 Å². The highest BCUT2D eigenvalue weighted by Crippen LogP contribution is 2.31. The number of aliphatic hydroxyl groups is 1. The maximum Gasteiger partial charge on any atom is 0.254 e. The molecule has 1 aromatic heterocycles. The lowest BCUT2D eigenvalue weighted by Crippen LogP contribution is -2.43. The molecule has 4 nitrogen and oxygen atoms in total. The van der Waals surface area contributed by atoms with Gasteiger partial charge in [-0.25, -0.2) is 4.98 Å². The Bertz CT molecular complexity index is 700. The third kappa shape index (κ3) is 4.13. The number of hydrogen-bond acceptors (Lipinski definition) is 3. The molecule has 1 aromatic carbocycles. The number of halogens is 1. The molecule has 0 bridgehead atoms. The molecule has 1 aliphatic rings. The third-order valence-corrected chi connectivity index (χ3v) is 4.70. The molecule has 1 N–H and O–H groups in total. The number of pyridine rings is 1. The molecule has 126 valence electrons. The van der Waals surface area contributed by atoms with Gasteiger partial charge in [0, 0.05) is 18.3 Å². The van der Waals surface area contributed by atoms with Crippen molar-refractivity contribution in [2.24, 2.45) is 0 Å². The average molecular weight is 345 g/mol. The number of hydrogen-bond donors (Lipinski definition) is 1. The van der Waals surface area contributed by atoms with Gasteiger partial charge in [0.2, 0.25) is 0 Å². The van der Waals surface area contributed by atoms with Crippen LogP contribution in [-0.2, 0) is 6.54 Å². The number of benzene rings is 1. The van der Waals surface area contributed by atoms with Gasteiger partial charge in [-0.15, -0.1) is 0 Å². The average Bonchev–Trinajstić information content (AvgIpc) is 3.01.